The lowest BCUT2D eigenvalue weighted by atomic mass is 9.80. The smallest absolute Gasteiger partial charge is 0.410 e. The zero-order valence-electron chi connectivity index (χ0n) is 23.7. The molecule has 0 unspecified atom stereocenters. The Bertz CT molecular complexity index is 1200. The van der Waals surface area contributed by atoms with E-state index in [2.05, 4.69) is 10.2 Å². The molecule has 39 heavy (non-hydrogen) atoms. The monoisotopic (exact) mass is 537 g/mol. The number of ether oxygens (including phenoxy) is 1. The predicted octanol–water partition coefficient (Wildman–Crippen LogP) is 3.48. The molecule has 1 aromatic carbocycles. The standard InChI is InChI=1S/C29H39N5O5/c1-18(2)14-22(32(7)24(35)19-12-13-33(16-19)27(38)39-28(3,4)5)25(36)34-17-29(15-23(34)30-6)20-10-8-9-11-21(20)31-26(29)37/h8-11,18-19,22-23H,12-17H2,1-5,7H3,(H,31,37)/t19-,22+,23+,29+/m1/s1. The minimum atomic E-state index is -0.980. The molecule has 3 aliphatic rings. The Morgan fingerprint density at radius 1 is 1.26 bits per heavy atom. The molecular formula is C29H39N5O5. The van der Waals surface area contributed by atoms with Gasteiger partial charge in [-0.25, -0.2) is 11.4 Å². The van der Waals surface area contributed by atoms with Crippen LogP contribution < -0.4 is 5.32 Å². The summed E-state index contributed by atoms with van der Waals surface area (Å²) in [5.74, 6) is -1.08. The Morgan fingerprint density at radius 2 is 1.95 bits per heavy atom. The van der Waals surface area contributed by atoms with Crippen molar-refractivity contribution in [2.45, 2.75) is 77.1 Å². The second-order valence-electron chi connectivity index (χ2n) is 12.4. The van der Waals surface area contributed by atoms with Crippen molar-refractivity contribution in [1.82, 2.24) is 14.7 Å². The zero-order chi connectivity index (χ0) is 28.7. The van der Waals surface area contributed by atoms with E-state index in [9.17, 15) is 19.2 Å². The third kappa shape index (κ3) is 5.45. The van der Waals surface area contributed by atoms with Crippen molar-refractivity contribution in [2.75, 3.05) is 32.0 Å². The molecule has 0 aromatic heterocycles. The molecule has 3 aliphatic heterocycles. The molecule has 210 valence electrons. The molecule has 2 saturated heterocycles. The largest absolute Gasteiger partial charge is 0.444 e. The number of hydrogen-bond acceptors (Lipinski definition) is 5. The van der Waals surface area contributed by atoms with Gasteiger partial charge in [0.15, 0.2) is 0 Å². The van der Waals surface area contributed by atoms with Crippen molar-refractivity contribution >= 4 is 29.5 Å². The first-order valence-corrected chi connectivity index (χ1v) is 13.6. The van der Waals surface area contributed by atoms with E-state index in [1.54, 1.807) is 27.8 Å². The van der Waals surface area contributed by atoms with Gasteiger partial charge in [-0.15, -0.1) is 0 Å². The van der Waals surface area contributed by atoms with Gasteiger partial charge in [-0.05, 0) is 51.2 Å². The van der Waals surface area contributed by atoms with Gasteiger partial charge in [-0.2, -0.15) is 0 Å². The minimum Gasteiger partial charge on any atom is -0.444 e. The normalized spacial score (nSPS) is 24.9. The number of rotatable bonds is 5. The van der Waals surface area contributed by atoms with Gasteiger partial charge in [0, 0.05) is 32.4 Å². The van der Waals surface area contributed by atoms with Crippen LogP contribution in [0.3, 0.4) is 0 Å². The minimum absolute atomic E-state index is 0.0915. The fourth-order valence-corrected chi connectivity index (χ4v) is 5.91. The van der Waals surface area contributed by atoms with Crippen LogP contribution in [0.25, 0.3) is 4.85 Å². The molecule has 1 aromatic rings. The number of anilines is 1. The Kier molecular flexibility index (Phi) is 7.66. The van der Waals surface area contributed by atoms with Gasteiger partial charge >= 0.3 is 12.3 Å². The number of hydrogen-bond donors (Lipinski definition) is 1. The second-order valence-corrected chi connectivity index (χ2v) is 12.4. The van der Waals surface area contributed by atoms with Gasteiger partial charge in [0.2, 0.25) is 11.8 Å². The first-order chi connectivity index (χ1) is 18.3. The van der Waals surface area contributed by atoms with Gasteiger partial charge in [0.25, 0.3) is 5.91 Å². The van der Waals surface area contributed by atoms with Crippen LogP contribution in [0.15, 0.2) is 24.3 Å². The lowest BCUT2D eigenvalue weighted by molar-refractivity contribution is -0.147. The maximum atomic E-state index is 14.1. The number of carbonyl (C=O) groups is 4. The topological polar surface area (TPSA) is 104 Å². The first kappa shape index (κ1) is 28.4. The van der Waals surface area contributed by atoms with E-state index in [1.165, 1.54) is 14.7 Å². The predicted molar refractivity (Wildman–Crippen MR) is 145 cm³/mol. The van der Waals surface area contributed by atoms with E-state index >= 15 is 0 Å². The molecule has 10 heteroatoms. The second kappa shape index (κ2) is 10.5. The van der Waals surface area contributed by atoms with Gasteiger partial charge < -0.3 is 19.9 Å². The molecule has 0 saturated carbocycles. The van der Waals surface area contributed by atoms with Gasteiger partial charge in [-0.1, -0.05) is 32.0 Å². The molecule has 0 bridgehead atoms. The van der Waals surface area contributed by atoms with Crippen LogP contribution in [0, 0.1) is 18.4 Å². The number of likely N-dealkylation sites (tertiary alicyclic amines) is 2. The number of fused-ring (bicyclic) bond motifs is 2. The Balaban J connectivity index is 1.53. The summed E-state index contributed by atoms with van der Waals surface area (Å²) in [7, 11) is 1.62. The number of para-hydroxylation sites is 1. The van der Waals surface area contributed by atoms with E-state index in [4.69, 9.17) is 11.3 Å². The highest BCUT2D eigenvalue weighted by Crippen LogP contribution is 2.47. The third-order valence-electron chi connectivity index (χ3n) is 7.87. The van der Waals surface area contributed by atoms with Gasteiger partial charge in [0.1, 0.15) is 17.1 Å². The zero-order valence-corrected chi connectivity index (χ0v) is 23.7. The van der Waals surface area contributed by atoms with E-state index in [1.807, 2.05) is 38.1 Å². The maximum absolute atomic E-state index is 14.1. The summed E-state index contributed by atoms with van der Waals surface area (Å²) in [6.07, 6.45) is -0.139. The van der Waals surface area contributed by atoms with Crippen molar-refractivity contribution in [3.63, 3.8) is 0 Å². The summed E-state index contributed by atoms with van der Waals surface area (Å²) in [5.41, 5.74) is -0.0980. The van der Waals surface area contributed by atoms with E-state index in [0.29, 0.717) is 25.1 Å². The van der Waals surface area contributed by atoms with E-state index < -0.39 is 35.2 Å². The first-order valence-electron chi connectivity index (χ1n) is 13.6. The summed E-state index contributed by atoms with van der Waals surface area (Å²) in [5, 5.41) is 2.91. The molecule has 10 nitrogen and oxygen atoms in total. The lowest BCUT2D eigenvalue weighted by Gasteiger charge is -2.33. The SMILES string of the molecule is [C-]#[N+][C@@H]1C[C@@]2(CN1C(=O)[C@H](CC(C)C)N(C)C(=O)[C@@H]1CCN(C(=O)OC(C)(C)C)C1)C(=O)Nc1ccccc12. The lowest BCUT2D eigenvalue weighted by Crippen LogP contribution is -2.53. The van der Waals surface area contributed by atoms with Crippen molar-refractivity contribution in [3.05, 3.63) is 41.2 Å². The van der Waals surface area contributed by atoms with E-state index in [-0.39, 0.29) is 43.1 Å². The summed E-state index contributed by atoms with van der Waals surface area (Å²) >= 11 is 0. The number of carbonyl (C=O) groups excluding carboxylic acids is 4. The van der Waals surface area contributed by atoms with Crippen molar-refractivity contribution < 1.29 is 23.9 Å². The summed E-state index contributed by atoms with van der Waals surface area (Å²) in [4.78, 5) is 61.6. The number of amides is 4. The molecule has 4 amide bonds. The molecule has 3 heterocycles. The number of nitrogens with one attached hydrogen (secondary N) is 1. The molecule has 1 N–H and O–H groups in total. The number of nitrogens with zero attached hydrogens (tertiary/aromatic N) is 4. The highest BCUT2D eigenvalue weighted by molar-refractivity contribution is 6.07. The van der Waals surface area contributed by atoms with Crippen LogP contribution >= 0.6 is 0 Å². The number of likely N-dealkylation sites (N-methyl/N-ethyl adjacent to an activating group) is 1. The molecule has 4 rings (SSSR count). The Hall–Kier alpha value is -3.61. The maximum Gasteiger partial charge on any atom is 0.410 e. The van der Waals surface area contributed by atoms with Crippen LogP contribution in [0.5, 0.6) is 0 Å². The highest BCUT2D eigenvalue weighted by Gasteiger charge is 2.59. The third-order valence-corrected chi connectivity index (χ3v) is 7.87. The Morgan fingerprint density at radius 3 is 2.59 bits per heavy atom. The van der Waals surface area contributed by atoms with Crippen molar-refractivity contribution in [3.8, 4) is 0 Å². The average Bonchev–Trinajstić information content (AvgIpc) is 3.57. The summed E-state index contributed by atoms with van der Waals surface area (Å²) in [6, 6.07) is 6.62. The molecule has 0 radical (unpaired) electrons. The molecule has 1 spiro atoms. The van der Waals surface area contributed by atoms with Crippen molar-refractivity contribution in [1.29, 1.82) is 0 Å². The van der Waals surface area contributed by atoms with Crippen LogP contribution in [-0.2, 0) is 24.5 Å². The molecule has 4 atom stereocenters. The fraction of sp³-hybridized carbons (Fsp3) is 0.621. The molecular weight excluding hydrogens is 498 g/mol. The van der Waals surface area contributed by atoms with Crippen LogP contribution in [0.2, 0.25) is 0 Å². The summed E-state index contributed by atoms with van der Waals surface area (Å²) < 4.78 is 5.46. The molecule has 0 aliphatic carbocycles. The van der Waals surface area contributed by atoms with E-state index in [0.717, 1.165) is 5.56 Å². The highest BCUT2D eigenvalue weighted by atomic mass is 16.6. The van der Waals surface area contributed by atoms with Crippen LogP contribution in [0.1, 0.15) is 59.4 Å². The number of benzene rings is 1. The molecule has 2 fully saturated rings. The quantitative estimate of drug-likeness (QED) is 0.580. The van der Waals surface area contributed by atoms with Crippen LogP contribution in [0.4, 0.5) is 10.5 Å². The van der Waals surface area contributed by atoms with Crippen molar-refractivity contribution in [2.24, 2.45) is 11.8 Å². The van der Waals surface area contributed by atoms with Gasteiger partial charge in [-0.3, -0.25) is 24.1 Å². The fourth-order valence-electron chi connectivity index (χ4n) is 5.91. The van der Waals surface area contributed by atoms with Crippen LogP contribution in [-0.4, -0.2) is 83.0 Å². The summed E-state index contributed by atoms with van der Waals surface area (Å²) in [6.45, 7) is 17.9. The average molecular weight is 538 g/mol. The van der Waals surface area contributed by atoms with Gasteiger partial charge in [0.05, 0.1) is 12.3 Å². The Labute approximate surface area is 230 Å².